The summed E-state index contributed by atoms with van der Waals surface area (Å²) in [7, 11) is 0. The smallest absolute Gasteiger partial charge is 0.292 e. The van der Waals surface area contributed by atoms with Gasteiger partial charge in [0.2, 0.25) is 0 Å². The zero-order chi connectivity index (χ0) is 19.6. The largest absolute Gasteiger partial charge is 0.349 e. The van der Waals surface area contributed by atoms with Crippen LogP contribution in [-0.4, -0.2) is 55.3 Å². The molecule has 0 saturated heterocycles. The minimum Gasteiger partial charge on any atom is -0.349 e. The first kappa shape index (κ1) is 19.0. The van der Waals surface area contributed by atoms with E-state index in [1.54, 1.807) is 12.4 Å². The van der Waals surface area contributed by atoms with Crippen molar-refractivity contribution in [1.82, 2.24) is 41.0 Å². The van der Waals surface area contributed by atoms with Crippen LogP contribution in [0.3, 0.4) is 0 Å². The number of hydrogen-bond donors (Lipinski definition) is 2. The maximum absolute atomic E-state index is 12.0. The van der Waals surface area contributed by atoms with Gasteiger partial charge in [0.25, 0.3) is 23.5 Å². The third-order valence-electron chi connectivity index (χ3n) is 3.67. The summed E-state index contributed by atoms with van der Waals surface area (Å²) in [5.74, 6) is -1.44. The molecular weight excluding hydrogens is 360 g/mol. The SMILES string of the molecule is O=C(NCCc1ccccn1)c1nnc(C(=O)NCCc2ccccn2)nn1. The van der Waals surface area contributed by atoms with Crippen molar-refractivity contribution in [3.8, 4) is 0 Å². The summed E-state index contributed by atoms with van der Waals surface area (Å²) < 4.78 is 0. The second kappa shape index (κ2) is 9.76. The Kier molecular flexibility index (Phi) is 6.61. The van der Waals surface area contributed by atoms with Gasteiger partial charge < -0.3 is 10.6 Å². The summed E-state index contributed by atoms with van der Waals surface area (Å²) in [4.78, 5) is 32.3. The lowest BCUT2D eigenvalue weighted by atomic mass is 10.3. The van der Waals surface area contributed by atoms with Gasteiger partial charge in [-0.2, -0.15) is 0 Å². The Balaban J connectivity index is 1.44. The second-order valence-electron chi connectivity index (χ2n) is 5.70. The molecule has 0 radical (unpaired) electrons. The van der Waals surface area contributed by atoms with Crippen LogP contribution < -0.4 is 10.6 Å². The fourth-order valence-electron chi connectivity index (χ4n) is 2.27. The van der Waals surface area contributed by atoms with Crippen molar-refractivity contribution in [1.29, 1.82) is 0 Å². The van der Waals surface area contributed by atoms with Crippen molar-refractivity contribution < 1.29 is 9.59 Å². The van der Waals surface area contributed by atoms with Gasteiger partial charge in [-0.25, -0.2) is 0 Å². The van der Waals surface area contributed by atoms with Crippen LogP contribution in [-0.2, 0) is 12.8 Å². The van der Waals surface area contributed by atoms with E-state index in [4.69, 9.17) is 0 Å². The molecule has 0 aliphatic rings. The van der Waals surface area contributed by atoms with Crippen molar-refractivity contribution in [2.24, 2.45) is 0 Å². The molecule has 0 unspecified atom stereocenters. The Labute approximate surface area is 160 Å². The number of nitrogens with zero attached hydrogens (tertiary/aromatic N) is 6. The van der Waals surface area contributed by atoms with Crippen LogP contribution in [0.25, 0.3) is 0 Å². The molecule has 0 aliphatic heterocycles. The van der Waals surface area contributed by atoms with Crippen LogP contribution in [0.2, 0.25) is 0 Å². The van der Waals surface area contributed by atoms with E-state index < -0.39 is 11.8 Å². The van der Waals surface area contributed by atoms with E-state index in [2.05, 4.69) is 41.0 Å². The lowest BCUT2D eigenvalue weighted by Gasteiger charge is -2.04. The minimum absolute atomic E-state index is 0.203. The van der Waals surface area contributed by atoms with Gasteiger partial charge in [0, 0.05) is 49.7 Å². The van der Waals surface area contributed by atoms with Crippen molar-refractivity contribution in [2.45, 2.75) is 12.8 Å². The van der Waals surface area contributed by atoms with E-state index >= 15 is 0 Å². The van der Waals surface area contributed by atoms with Crippen molar-refractivity contribution in [3.05, 3.63) is 71.8 Å². The van der Waals surface area contributed by atoms with Crippen molar-refractivity contribution >= 4 is 11.8 Å². The lowest BCUT2D eigenvalue weighted by molar-refractivity contribution is 0.0920. The fraction of sp³-hybridized carbons (Fsp3) is 0.222. The molecule has 0 fully saturated rings. The first-order valence-corrected chi connectivity index (χ1v) is 8.66. The molecule has 3 rings (SSSR count). The van der Waals surface area contributed by atoms with Gasteiger partial charge in [0.15, 0.2) is 0 Å². The van der Waals surface area contributed by atoms with E-state index in [0.717, 1.165) is 11.4 Å². The van der Waals surface area contributed by atoms with Gasteiger partial charge >= 0.3 is 0 Å². The van der Waals surface area contributed by atoms with E-state index in [9.17, 15) is 9.59 Å². The highest BCUT2D eigenvalue weighted by Crippen LogP contribution is 1.95. The maximum atomic E-state index is 12.0. The zero-order valence-corrected chi connectivity index (χ0v) is 14.9. The molecule has 0 bridgehead atoms. The number of carbonyl (C=O) groups excluding carboxylic acids is 2. The monoisotopic (exact) mass is 378 g/mol. The van der Waals surface area contributed by atoms with Crippen LogP contribution >= 0.6 is 0 Å². The molecule has 0 aliphatic carbocycles. The number of carbonyl (C=O) groups is 2. The van der Waals surface area contributed by atoms with Crippen LogP contribution in [0.15, 0.2) is 48.8 Å². The van der Waals surface area contributed by atoms with Gasteiger partial charge in [-0.1, -0.05) is 12.1 Å². The number of aromatic nitrogens is 6. The summed E-state index contributed by atoms with van der Waals surface area (Å²) in [6.07, 6.45) is 4.52. The van der Waals surface area contributed by atoms with Gasteiger partial charge in [0.05, 0.1) is 0 Å². The third kappa shape index (κ3) is 5.59. The average molecular weight is 378 g/mol. The standard InChI is InChI=1S/C18H18N8O2/c27-17(21-11-7-13-5-1-3-9-19-13)15-23-25-16(26-24-15)18(28)22-12-8-14-6-2-4-10-20-14/h1-6,9-10H,7-8,11-12H2,(H,21,27)(H,22,28). The van der Waals surface area contributed by atoms with Crippen LogP contribution in [0, 0.1) is 0 Å². The number of hydrogen-bond acceptors (Lipinski definition) is 8. The van der Waals surface area contributed by atoms with E-state index in [0.29, 0.717) is 25.9 Å². The first-order valence-electron chi connectivity index (χ1n) is 8.66. The van der Waals surface area contributed by atoms with Gasteiger partial charge in [-0.05, 0) is 24.3 Å². The topological polar surface area (TPSA) is 136 Å². The van der Waals surface area contributed by atoms with Crippen LogP contribution in [0.1, 0.15) is 32.6 Å². The Morgan fingerprint density at radius 2 is 1.11 bits per heavy atom. The van der Waals surface area contributed by atoms with E-state index in [1.807, 2.05) is 36.4 Å². The fourth-order valence-corrected chi connectivity index (χ4v) is 2.27. The zero-order valence-electron chi connectivity index (χ0n) is 14.9. The highest BCUT2D eigenvalue weighted by molar-refractivity contribution is 5.91. The predicted octanol–water partition coefficient (Wildman–Crippen LogP) is 0.00160. The molecule has 0 aromatic carbocycles. The second-order valence-corrected chi connectivity index (χ2v) is 5.70. The molecule has 10 heteroatoms. The Morgan fingerprint density at radius 3 is 1.46 bits per heavy atom. The summed E-state index contributed by atoms with van der Waals surface area (Å²) in [5.41, 5.74) is 1.72. The molecule has 3 aromatic rings. The van der Waals surface area contributed by atoms with Gasteiger partial charge in [0.1, 0.15) is 0 Å². The number of amides is 2. The molecule has 2 amide bonds. The molecular formula is C18H18N8O2. The number of rotatable bonds is 8. The Bertz CT molecular complexity index is 827. The molecule has 142 valence electrons. The normalized spacial score (nSPS) is 10.3. The quantitative estimate of drug-likeness (QED) is 0.559. The lowest BCUT2D eigenvalue weighted by Crippen LogP contribution is -2.31. The average Bonchev–Trinajstić information content (AvgIpc) is 2.75. The minimum atomic E-state index is -0.516. The number of nitrogens with one attached hydrogen (secondary N) is 2. The molecule has 0 saturated carbocycles. The summed E-state index contributed by atoms with van der Waals surface area (Å²) in [6.45, 7) is 0.740. The van der Waals surface area contributed by atoms with Crippen LogP contribution in [0.4, 0.5) is 0 Å². The first-order chi connectivity index (χ1) is 13.7. The summed E-state index contributed by atoms with van der Waals surface area (Å²) in [6, 6.07) is 11.1. The van der Waals surface area contributed by atoms with E-state index in [-0.39, 0.29) is 11.6 Å². The van der Waals surface area contributed by atoms with Crippen molar-refractivity contribution in [2.75, 3.05) is 13.1 Å². The number of pyridine rings is 2. The van der Waals surface area contributed by atoms with Crippen LogP contribution in [0.5, 0.6) is 0 Å². The highest BCUT2D eigenvalue weighted by atomic mass is 16.2. The van der Waals surface area contributed by atoms with Crippen molar-refractivity contribution in [3.63, 3.8) is 0 Å². The molecule has 0 atom stereocenters. The van der Waals surface area contributed by atoms with E-state index in [1.165, 1.54) is 0 Å². The molecule has 10 nitrogen and oxygen atoms in total. The summed E-state index contributed by atoms with van der Waals surface area (Å²) >= 11 is 0. The summed E-state index contributed by atoms with van der Waals surface area (Å²) in [5, 5.41) is 20.0. The van der Waals surface area contributed by atoms with Gasteiger partial charge in [-0.15, -0.1) is 20.4 Å². The highest BCUT2D eigenvalue weighted by Gasteiger charge is 2.14. The van der Waals surface area contributed by atoms with Gasteiger partial charge in [-0.3, -0.25) is 19.6 Å². The predicted molar refractivity (Wildman–Crippen MR) is 98.2 cm³/mol. The molecule has 3 heterocycles. The molecule has 3 aromatic heterocycles. The molecule has 28 heavy (non-hydrogen) atoms. The Morgan fingerprint density at radius 1 is 0.679 bits per heavy atom. The Hall–Kier alpha value is -3.82. The maximum Gasteiger partial charge on any atom is 0.292 e. The molecule has 2 N–H and O–H groups in total. The third-order valence-corrected chi connectivity index (χ3v) is 3.67. The molecule has 0 spiro atoms.